The summed E-state index contributed by atoms with van der Waals surface area (Å²) < 4.78 is 0. The molecule has 5 aliphatic rings. The molecule has 6 nitrogen and oxygen atoms in total. The summed E-state index contributed by atoms with van der Waals surface area (Å²) in [6.07, 6.45) is 5.42. The first-order valence-corrected chi connectivity index (χ1v) is 10.8. The maximum absolute atomic E-state index is 13.2. The van der Waals surface area contributed by atoms with Gasteiger partial charge in [-0.1, -0.05) is 23.8 Å². The summed E-state index contributed by atoms with van der Waals surface area (Å²) in [7, 11) is 0. The molecule has 2 bridgehead atoms. The highest BCUT2D eigenvalue weighted by Gasteiger charge is 2.67. The van der Waals surface area contributed by atoms with E-state index >= 15 is 0 Å². The first-order valence-electron chi connectivity index (χ1n) is 10.4. The van der Waals surface area contributed by atoms with Gasteiger partial charge in [-0.3, -0.25) is 19.3 Å². The first kappa shape index (κ1) is 18.6. The molecular weight excluding hydrogens is 416 g/mol. The van der Waals surface area contributed by atoms with Gasteiger partial charge in [-0.05, 0) is 66.5 Å². The lowest BCUT2D eigenvalue weighted by Crippen LogP contribution is -2.40. The number of hydrogen-bond acceptors (Lipinski definition) is 4. The summed E-state index contributed by atoms with van der Waals surface area (Å²) in [6, 6.07) is 10.8. The van der Waals surface area contributed by atoms with Gasteiger partial charge >= 0.3 is 0 Å². The fourth-order valence-electron chi connectivity index (χ4n) is 5.78. The summed E-state index contributed by atoms with van der Waals surface area (Å²) in [4.78, 5) is 40.2. The Hall–Kier alpha value is -3.12. The Morgan fingerprint density at radius 3 is 2.16 bits per heavy atom. The van der Waals surface area contributed by atoms with Crippen LogP contribution in [-0.4, -0.2) is 22.8 Å². The van der Waals surface area contributed by atoms with Gasteiger partial charge in [-0.25, -0.2) is 0 Å². The molecule has 156 valence electrons. The largest absolute Gasteiger partial charge is 0.506 e. The number of carbonyl (C=O) groups is 3. The van der Waals surface area contributed by atoms with E-state index in [4.69, 9.17) is 11.6 Å². The summed E-state index contributed by atoms with van der Waals surface area (Å²) >= 11 is 5.81. The number of rotatable bonds is 3. The quantitative estimate of drug-likeness (QED) is 0.436. The van der Waals surface area contributed by atoms with Crippen LogP contribution >= 0.6 is 11.6 Å². The number of hydrogen-bond donors (Lipinski definition) is 2. The molecule has 0 aromatic heterocycles. The standard InChI is InChI=1S/C24H19ClN2O4/c25-12-3-8-18(19(28)9-12)26-22(29)11-1-4-13(5-2-11)27-23(30)20-14-6-7-15(17-10-16(14)17)21(20)24(27)31/h1-9,14-17,20-21,28H,10H2,(H,26,29)/t14-,15-,16-,17+,20+,21+/m0/s1. The number of halogens is 1. The average Bonchev–Trinajstić information content (AvgIpc) is 3.54. The molecule has 2 aromatic rings. The zero-order valence-electron chi connectivity index (χ0n) is 16.4. The molecule has 2 N–H and O–H groups in total. The molecule has 6 atom stereocenters. The van der Waals surface area contributed by atoms with Crippen molar-refractivity contribution in [1.29, 1.82) is 0 Å². The molecule has 1 saturated heterocycles. The van der Waals surface area contributed by atoms with E-state index in [1.165, 1.54) is 17.0 Å². The van der Waals surface area contributed by atoms with Crippen molar-refractivity contribution in [2.24, 2.45) is 35.5 Å². The Kier molecular flexibility index (Phi) is 3.87. The topological polar surface area (TPSA) is 86.7 Å². The minimum atomic E-state index is -0.417. The van der Waals surface area contributed by atoms with Crippen molar-refractivity contribution in [1.82, 2.24) is 0 Å². The molecule has 7 heteroatoms. The summed E-state index contributed by atoms with van der Waals surface area (Å²) in [5.74, 6) is 0.188. The summed E-state index contributed by atoms with van der Waals surface area (Å²) in [6.45, 7) is 0. The van der Waals surface area contributed by atoms with Crippen LogP contribution in [0.15, 0.2) is 54.6 Å². The predicted molar refractivity (Wildman–Crippen MR) is 115 cm³/mol. The second kappa shape index (κ2) is 6.44. The third-order valence-corrected chi connectivity index (χ3v) is 7.49. The number of carbonyl (C=O) groups excluding carboxylic acids is 3. The van der Waals surface area contributed by atoms with Crippen LogP contribution in [0.25, 0.3) is 0 Å². The molecule has 1 heterocycles. The maximum Gasteiger partial charge on any atom is 0.255 e. The molecule has 2 saturated carbocycles. The molecule has 0 radical (unpaired) electrons. The average molecular weight is 435 g/mol. The molecule has 0 spiro atoms. The highest BCUT2D eigenvalue weighted by Crippen LogP contribution is 2.65. The molecule has 3 fully saturated rings. The second-order valence-corrected chi connectivity index (χ2v) is 9.27. The van der Waals surface area contributed by atoms with E-state index in [1.807, 2.05) is 0 Å². The van der Waals surface area contributed by atoms with Gasteiger partial charge in [0.1, 0.15) is 5.75 Å². The van der Waals surface area contributed by atoms with Crippen molar-refractivity contribution in [3.05, 3.63) is 65.2 Å². The number of anilines is 2. The number of nitrogens with zero attached hydrogens (tertiary/aromatic N) is 1. The van der Waals surface area contributed by atoms with Crippen LogP contribution < -0.4 is 10.2 Å². The zero-order valence-corrected chi connectivity index (χ0v) is 17.1. The Morgan fingerprint density at radius 2 is 1.58 bits per heavy atom. The van der Waals surface area contributed by atoms with Gasteiger partial charge in [0.05, 0.1) is 23.2 Å². The number of phenols is 1. The summed E-state index contributed by atoms with van der Waals surface area (Å²) in [5, 5.41) is 12.9. The van der Waals surface area contributed by atoms with Crippen LogP contribution in [0.3, 0.4) is 0 Å². The Morgan fingerprint density at radius 1 is 0.968 bits per heavy atom. The van der Waals surface area contributed by atoms with E-state index in [-0.39, 0.29) is 46.9 Å². The van der Waals surface area contributed by atoms with Gasteiger partial charge in [0, 0.05) is 16.7 Å². The second-order valence-electron chi connectivity index (χ2n) is 8.83. The van der Waals surface area contributed by atoms with Gasteiger partial charge < -0.3 is 10.4 Å². The van der Waals surface area contributed by atoms with Crippen LogP contribution in [0.4, 0.5) is 11.4 Å². The van der Waals surface area contributed by atoms with Crippen molar-refractivity contribution >= 4 is 40.7 Å². The Bertz CT molecular complexity index is 1140. The van der Waals surface area contributed by atoms with Crippen LogP contribution in [0.1, 0.15) is 16.8 Å². The van der Waals surface area contributed by atoms with Crippen LogP contribution in [0.2, 0.25) is 5.02 Å². The van der Waals surface area contributed by atoms with Gasteiger partial charge in [0.15, 0.2) is 0 Å². The van der Waals surface area contributed by atoms with Crippen molar-refractivity contribution in [2.45, 2.75) is 6.42 Å². The van der Waals surface area contributed by atoms with Crippen molar-refractivity contribution in [3.8, 4) is 5.75 Å². The monoisotopic (exact) mass is 434 g/mol. The zero-order chi connectivity index (χ0) is 21.4. The lowest BCUT2D eigenvalue weighted by atomic mass is 9.63. The highest BCUT2D eigenvalue weighted by molar-refractivity contribution is 6.30. The Labute approximate surface area is 183 Å². The molecule has 1 aliphatic heterocycles. The fourth-order valence-corrected chi connectivity index (χ4v) is 5.94. The number of benzene rings is 2. The van der Waals surface area contributed by atoms with E-state index in [0.29, 0.717) is 28.1 Å². The Balaban J connectivity index is 1.23. The molecule has 4 aliphatic carbocycles. The lowest BCUT2D eigenvalue weighted by Gasteiger charge is -2.37. The van der Waals surface area contributed by atoms with Gasteiger partial charge in [-0.15, -0.1) is 0 Å². The number of allylic oxidation sites excluding steroid dienone is 2. The number of aromatic hydroxyl groups is 1. The molecular formula is C24H19ClN2O4. The number of phenolic OH excluding ortho intramolecular Hbond substituents is 1. The smallest absolute Gasteiger partial charge is 0.255 e. The SMILES string of the molecule is O=C(Nc1ccc(Cl)cc1O)c1ccc(N2C(=O)[C@@H]3[C@H]4C=C[C@@H]([C@@H]5C[C@H]45)[C@H]3C2=O)cc1. The number of nitrogens with one attached hydrogen (secondary N) is 1. The van der Waals surface area contributed by atoms with Crippen LogP contribution in [0.5, 0.6) is 5.75 Å². The van der Waals surface area contributed by atoms with E-state index in [2.05, 4.69) is 17.5 Å². The fraction of sp³-hybridized carbons (Fsp3) is 0.292. The molecule has 31 heavy (non-hydrogen) atoms. The van der Waals surface area contributed by atoms with E-state index < -0.39 is 5.91 Å². The van der Waals surface area contributed by atoms with E-state index in [9.17, 15) is 19.5 Å². The first-order chi connectivity index (χ1) is 14.9. The van der Waals surface area contributed by atoms with E-state index in [1.54, 1.807) is 30.3 Å². The molecule has 0 unspecified atom stereocenters. The highest BCUT2D eigenvalue weighted by atomic mass is 35.5. The van der Waals surface area contributed by atoms with Crippen molar-refractivity contribution < 1.29 is 19.5 Å². The van der Waals surface area contributed by atoms with E-state index in [0.717, 1.165) is 6.42 Å². The van der Waals surface area contributed by atoms with Crippen LogP contribution in [0, 0.1) is 35.5 Å². The van der Waals surface area contributed by atoms with Crippen molar-refractivity contribution in [3.63, 3.8) is 0 Å². The van der Waals surface area contributed by atoms with Crippen molar-refractivity contribution in [2.75, 3.05) is 10.2 Å². The summed E-state index contributed by atoms with van der Waals surface area (Å²) in [5.41, 5.74) is 1.08. The molecule has 2 aromatic carbocycles. The maximum atomic E-state index is 13.2. The predicted octanol–water partition coefficient (Wildman–Crippen LogP) is 3.86. The van der Waals surface area contributed by atoms with Gasteiger partial charge in [-0.2, -0.15) is 0 Å². The molecule has 7 rings (SSSR count). The van der Waals surface area contributed by atoms with Crippen LogP contribution in [-0.2, 0) is 9.59 Å². The number of imide groups is 1. The third kappa shape index (κ3) is 2.67. The third-order valence-electron chi connectivity index (χ3n) is 7.26. The number of amides is 3. The minimum absolute atomic E-state index is 0.122. The van der Waals surface area contributed by atoms with Gasteiger partial charge in [0.25, 0.3) is 5.91 Å². The lowest BCUT2D eigenvalue weighted by molar-refractivity contribution is -0.124. The minimum Gasteiger partial charge on any atom is -0.506 e. The normalized spacial score (nSPS) is 32.1. The van der Waals surface area contributed by atoms with Gasteiger partial charge in [0.2, 0.25) is 11.8 Å². The molecule has 3 amide bonds.